The Bertz CT molecular complexity index is 46.8. The number of hydrogen-bond acceptors (Lipinski definition) is 2. The number of rotatable bonds is 0. The van der Waals surface area contributed by atoms with Crippen LogP contribution in [0.5, 0.6) is 0 Å². The van der Waals surface area contributed by atoms with Crippen molar-refractivity contribution in [3.8, 4) is 0 Å². The van der Waals surface area contributed by atoms with Crippen LogP contribution < -0.4 is 0 Å². The Hall–Kier alpha value is 1.63. The molecule has 0 atom stereocenters. The van der Waals surface area contributed by atoms with Crippen LogP contribution in [0.15, 0.2) is 0 Å². The molecule has 0 aliphatic carbocycles. The van der Waals surface area contributed by atoms with Crippen LogP contribution in [0.3, 0.4) is 0 Å². The maximum absolute atomic E-state index is 9.57. The Morgan fingerprint density at radius 3 is 2.00 bits per heavy atom. The second-order valence-corrected chi connectivity index (χ2v) is 0.966. The maximum atomic E-state index is 9.57. The van der Waals surface area contributed by atoms with Gasteiger partial charge in [-0.25, -0.2) is 0 Å². The predicted molar refractivity (Wildman–Crippen MR) is 24.7 cm³/mol. The molecule has 0 aliphatic heterocycles. The van der Waals surface area contributed by atoms with Crippen molar-refractivity contribution in [1.29, 1.82) is 0 Å². The summed E-state index contributed by atoms with van der Waals surface area (Å²) in [6, 6.07) is 0. The van der Waals surface area contributed by atoms with Crippen molar-refractivity contribution >= 4 is 73.7 Å². The van der Waals surface area contributed by atoms with E-state index in [0.29, 0.717) is 0 Å². The Labute approximate surface area is 87.6 Å². The van der Waals surface area contributed by atoms with Gasteiger partial charge in [0.15, 0.2) is 0 Å². The van der Waals surface area contributed by atoms with E-state index in [1.54, 1.807) is 16.3 Å². The standard InChI is InChI=1S/C2H4O2Se.K/c1-2(3)4-5;/h5H,1H3;. The first-order valence-corrected chi connectivity index (χ1v) is 1.86. The Morgan fingerprint density at radius 2 is 2.00 bits per heavy atom. The van der Waals surface area contributed by atoms with Gasteiger partial charge in [0.2, 0.25) is 0 Å². The summed E-state index contributed by atoms with van der Waals surface area (Å²) in [5, 5.41) is 0. The van der Waals surface area contributed by atoms with Gasteiger partial charge in [0.05, 0.1) is 0 Å². The smallest absolute Gasteiger partial charge is 0 e. The topological polar surface area (TPSA) is 26.3 Å². The first-order chi connectivity index (χ1) is 2.27. The van der Waals surface area contributed by atoms with E-state index in [1.165, 1.54) is 6.92 Å². The molecule has 0 amide bonds. The van der Waals surface area contributed by atoms with Gasteiger partial charge in [-0.2, -0.15) is 0 Å². The average Bonchev–Trinajstić information content (AvgIpc) is 1.38. The zero-order valence-electron chi connectivity index (χ0n) is 3.76. The summed E-state index contributed by atoms with van der Waals surface area (Å²) >= 11 is 1.72. The maximum Gasteiger partial charge on any atom is 0 e. The van der Waals surface area contributed by atoms with Gasteiger partial charge in [0.1, 0.15) is 0 Å². The minimum Gasteiger partial charge on any atom is 0 e. The van der Waals surface area contributed by atoms with E-state index in [-0.39, 0.29) is 57.4 Å². The monoisotopic (exact) mass is 179 g/mol. The Kier molecular flexibility index (Phi) is 11.7. The van der Waals surface area contributed by atoms with Gasteiger partial charge >= 0.3 is 37.8 Å². The van der Waals surface area contributed by atoms with Crippen LogP contribution in [-0.2, 0) is 8.61 Å². The van der Waals surface area contributed by atoms with Gasteiger partial charge in [-0.15, -0.1) is 0 Å². The van der Waals surface area contributed by atoms with Crippen LogP contribution >= 0.6 is 0 Å². The van der Waals surface area contributed by atoms with Crippen LogP contribution in [0.4, 0.5) is 0 Å². The zero-order chi connectivity index (χ0) is 4.28. The molecule has 0 heterocycles. The van der Waals surface area contributed by atoms with Crippen LogP contribution in [0.1, 0.15) is 6.92 Å². The van der Waals surface area contributed by atoms with Crippen LogP contribution in [-0.4, -0.2) is 73.7 Å². The molecule has 2 nitrogen and oxygen atoms in total. The van der Waals surface area contributed by atoms with Crippen molar-refractivity contribution in [2.45, 2.75) is 6.92 Å². The van der Waals surface area contributed by atoms with E-state index in [4.69, 9.17) is 0 Å². The van der Waals surface area contributed by atoms with Crippen LogP contribution in [0, 0.1) is 0 Å². The van der Waals surface area contributed by atoms with Gasteiger partial charge in [-0.1, -0.05) is 0 Å². The van der Waals surface area contributed by atoms with Crippen LogP contribution in [0.25, 0.3) is 0 Å². The van der Waals surface area contributed by atoms with E-state index in [0.717, 1.165) is 0 Å². The summed E-state index contributed by atoms with van der Waals surface area (Å²) in [5.41, 5.74) is 0. The minimum atomic E-state index is -0.273. The summed E-state index contributed by atoms with van der Waals surface area (Å²) in [6.45, 7) is 1.35. The molecule has 0 spiro atoms. The molecule has 0 rings (SSSR count). The van der Waals surface area contributed by atoms with Crippen molar-refractivity contribution in [2.24, 2.45) is 0 Å². The molecular formula is C2H4KO2Se. The molecule has 0 saturated carbocycles. The third-order valence-electron chi connectivity index (χ3n) is 0.129. The number of carbonyl (C=O) groups is 1. The minimum absolute atomic E-state index is 0. The molecule has 1 radical (unpaired) electrons. The van der Waals surface area contributed by atoms with E-state index in [9.17, 15) is 4.79 Å². The van der Waals surface area contributed by atoms with Gasteiger partial charge in [0.25, 0.3) is 0 Å². The molecule has 0 aliphatic rings. The van der Waals surface area contributed by atoms with Crippen molar-refractivity contribution in [2.75, 3.05) is 0 Å². The molecule has 6 heavy (non-hydrogen) atoms. The fourth-order valence-corrected chi connectivity index (χ4v) is 0. The third kappa shape index (κ3) is 9.16. The largest absolute Gasteiger partial charge is 0 e. The molecule has 0 N–H and O–H groups in total. The van der Waals surface area contributed by atoms with Gasteiger partial charge in [-0.3, -0.25) is 0 Å². The molecule has 0 unspecified atom stereocenters. The zero-order valence-corrected chi connectivity index (χ0v) is 8.76. The average molecular weight is 178 g/mol. The third-order valence-corrected chi connectivity index (χ3v) is 0.668. The fraction of sp³-hybridized carbons (Fsp3) is 0.500. The molecule has 0 aromatic carbocycles. The molecule has 31 valence electrons. The normalized spacial score (nSPS) is 5.67. The van der Waals surface area contributed by atoms with Crippen molar-refractivity contribution in [3.63, 3.8) is 0 Å². The molecule has 4 heteroatoms. The van der Waals surface area contributed by atoms with Crippen molar-refractivity contribution in [3.05, 3.63) is 0 Å². The quantitative estimate of drug-likeness (QED) is 0.444. The molecule has 0 saturated heterocycles. The Balaban J connectivity index is 0. The van der Waals surface area contributed by atoms with Crippen molar-refractivity contribution in [1.82, 2.24) is 0 Å². The van der Waals surface area contributed by atoms with Gasteiger partial charge in [0, 0.05) is 51.4 Å². The Morgan fingerprint density at radius 1 is 1.83 bits per heavy atom. The molecular weight excluding hydrogens is 174 g/mol. The fourth-order valence-electron chi connectivity index (χ4n) is 0. The van der Waals surface area contributed by atoms with E-state index < -0.39 is 0 Å². The van der Waals surface area contributed by atoms with Gasteiger partial charge in [-0.05, 0) is 0 Å². The number of hydrogen-bond donors (Lipinski definition) is 0. The van der Waals surface area contributed by atoms with Crippen molar-refractivity contribution < 1.29 is 8.61 Å². The molecule has 0 fully saturated rings. The van der Waals surface area contributed by atoms with Crippen LogP contribution in [0.2, 0.25) is 0 Å². The molecule has 0 bridgehead atoms. The summed E-state index contributed by atoms with van der Waals surface area (Å²) in [4.78, 5) is 9.57. The summed E-state index contributed by atoms with van der Waals surface area (Å²) in [5.74, 6) is -0.273. The van der Waals surface area contributed by atoms with E-state index in [1.807, 2.05) is 0 Å². The SMILES string of the molecule is CC(=O)O[SeH].[K]. The first kappa shape index (κ1) is 10.6. The summed E-state index contributed by atoms with van der Waals surface area (Å²) in [6.07, 6.45) is 0. The summed E-state index contributed by atoms with van der Waals surface area (Å²) in [7, 11) is 0. The van der Waals surface area contributed by atoms with E-state index in [2.05, 4.69) is 3.82 Å². The molecule has 0 aromatic heterocycles. The predicted octanol–water partition coefficient (Wildman–Crippen LogP) is -1.02. The molecule has 0 aromatic rings. The summed E-state index contributed by atoms with van der Waals surface area (Å²) < 4.78 is 4.05. The second-order valence-electron chi connectivity index (χ2n) is 0.583. The second kappa shape index (κ2) is 6.63. The number of carbonyl (C=O) groups excluding carboxylic acids is 1. The van der Waals surface area contributed by atoms with Gasteiger partial charge < -0.3 is 0 Å². The first-order valence-electron chi connectivity index (χ1n) is 1.09. The van der Waals surface area contributed by atoms with E-state index >= 15 is 0 Å².